The molecule has 0 N–H and O–H groups in total. The molecule has 3 nitrogen and oxygen atoms in total. The summed E-state index contributed by atoms with van der Waals surface area (Å²) < 4.78 is 38.8. The number of likely N-dealkylation sites (N-methyl/N-ethyl adjacent to an activating group) is 1. The fourth-order valence-corrected chi connectivity index (χ4v) is 3.62. The number of ketones is 1. The summed E-state index contributed by atoms with van der Waals surface area (Å²) >= 11 is 0. The van der Waals surface area contributed by atoms with Crippen LogP contribution in [0.5, 0.6) is 0 Å². The predicted molar refractivity (Wildman–Crippen MR) is 105 cm³/mol. The molecule has 0 aliphatic carbocycles. The fourth-order valence-electron chi connectivity index (χ4n) is 3.62. The standard InChI is InChI=1S/C23H19F3N2O/c1-22(2)18-9-4-5-10-19(18)28(3)20(22)12-11-16(14-27)21(29)15-7-6-8-17(13-15)23(24,25)26/h4-13H,1-3H3/b16-11-,20-12+. The first-order valence-electron chi connectivity index (χ1n) is 8.95. The molecule has 2 aromatic rings. The van der Waals surface area contributed by atoms with E-state index < -0.39 is 17.5 Å². The van der Waals surface area contributed by atoms with Crippen molar-refractivity contribution in [2.24, 2.45) is 0 Å². The lowest BCUT2D eigenvalue weighted by molar-refractivity contribution is -0.137. The van der Waals surface area contributed by atoms with E-state index in [0.29, 0.717) is 0 Å². The Morgan fingerprint density at radius 2 is 1.83 bits per heavy atom. The third-order valence-electron chi connectivity index (χ3n) is 5.17. The van der Waals surface area contributed by atoms with Crippen molar-refractivity contribution in [1.29, 1.82) is 5.26 Å². The second-order valence-electron chi connectivity index (χ2n) is 7.35. The minimum absolute atomic E-state index is 0.173. The van der Waals surface area contributed by atoms with Crippen LogP contribution in [0.4, 0.5) is 18.9 Å². The lowest BCUT2D eigenvalue weighted by atomic mass is 9.83. The third-order valence-corrected chi connectivity index (χ3v) is 5.17. The number of fused-ring (bicyclic) bond motifs is 1. The molecule has 148 valence electrons. The number of benzene rings is 2. The molecule has 1 heterocycles. The molecule has 0 aromatic heterocycles. The minimum atomic E-state index is -4.56. The molecule has 0 saturated carbocycles. The zero-order chi connectivity index (χ0) is 21.4. The summed E-state index contributed by atoms with van der Waals surface area (Å²) in [6, 6.07) is 13.8. The van der Waals surface area contributed by atoms with E-state index in [0.717, 1.165) is 35.1 Å². The number of alkyl halides is 3. The zero-order valence-electron chi connectivity index (χ0n) is 16.2. The van der Waals surface area contributed by atoms with Crippen molar-refractivity contribution in [2.45, 2.75) is 25.4 Å². The van der Waals surface area contributed by atoms with Crippen LogP contribution in [0.25, 0.3) is 0 Å². The normalized spacial score (nSPS) is 17.2. The van der Waals surface area contributed by atoms with Gasteiger partial charge >= 0.3 is 6.18 Å². The highest BCUT2D eigenvalue weighted by Crippen LogP contribution is 2.46. The Labute approximate surface area is 167 Å². The molecule has 0 unspecified atom stereocenters. The van der Waals surface area contributed by atoms with E-state index in [2.05, 4.69) is 0 Å². The van der Waals surface area contributed by atoms with Crippen LogP contribution in [0.3, 0.4) is 0 Å². The van der Waals surface area contributed by atoms with Crippen LogP contribution >= 0.6 is 0 Å². The van der Waals surface area contributed by atoms with Gasteiger partial charge < -0.3 is 4.90 Å². The van der Waals surface area contributed by atoms with Gasteiger partial charge in [0.25, 0.3) is 0 Å². The Kier molecular flexibility index (Phi) is 5.10. The van der Waals surface area contributed by atoms with E-state index in [4.69, 9.17) is 0 Å². The highest BCUT2D eigenvalue weighted by molar-refractivity contribution is 6.11. The van der Waals surface area contributed by atoms with E-state index in [9.17, 15) is 23.2 Å². The Balaban J connectivity index is 1.98. The van der Waals surface area contributed by atoms with Gasteiger partial charge in [-0.2, -0.15) is 18.4 Å². The summed E-state index contributed by atoms with van der Waals surface area (Å²) in [6.07, 6.45) is -1.50. The first kappa shape index (κ1) is 20.4. The summed E-state index contributed by atoms with van der Waals surface area (Å²) in [4.78, 5) is 14.6. The summed E-state index contributed by atoms with van der Waals surface area (Å²) in [5.41, 5.74) is 1.35. The maximum atomic E-state index is 12.9. The predicted octanol–water partition coefficient (Wildman–Crippen LogP) is 5.65. The van der Waals surface area contributed by atoms with Crippen LogP contribution in [-0.2, 0) is 11.6 Å². The Bertz CT molecular complexity index is 1070. The number of nitrogens with zero attached hydrogens (tertiary/aromatic N) is 2. The summed E-state index contributed by atoms with van der Waals surface area (Å²) in [5, 5.41) is 9.43. The third kappa shape index (κ3) is 3.68. The van der Waals surface area contributed by atoms with Crippen molar-refractivity contribution in [1.82, 2.24) is 0 Å². The Morgan fingerprint density at radius 3 is 2.45 bits per heavy atom. The van der Waals surface area contributed by atoms with E-state index in [1.807, 2.05) is 56.1 Å². The number of rotatable bonds is 3. The lowest BCUT2D eigenvalue weighted by Crippen LogP contribution is -2.22. The van der Waals surface area contributed by atoms with Gasteiger partial charge in [0.1, 0.15) is 6.07 Å². The molecule has 29 heavy (non-hydrogen) atoms. The van der Waals surface area contributed by atoms with Gasteiger partial charge in [0.2, 0.25) is 5.78 Å². The number of hydrogen-bond donors (Lipinski definition) is 0. The van der Waals surface area contributed by atoms with Crippen molar-refractivity contribution < 1.29 is 18.0 Å². The van der Waals surface area contributed by atoms with Crippen LogP contribution < -0.4 is 4.90 Å². The molecule has 0 saturated heterocycles. The average molecular weight is 396 g/mol. The van der Waals surface area contributed by atoms with Gasteiger partial charge in [0.15, 0.2) is 0 Å². The molecule has 1 aliphatic rings. The molecule has 2 aromatic carbocycles. The van der Waals surface area contributed by atoms with Crippen molar-refractivity contribution in [3.05, 3.63) is 88.6 Å². The number of para-hydroxylation sites is 1. The molecule has 3 rings (SSSR count). The van der Waals surface area contributed by atoms with Crippen molar-refractivity contribution in [2.75, 3.05) is 11.9 Å². The molecular weight excluding hydrogens is 377 g/mol. The van der Waals surface area contributed by atoms with Gasteiger partial charge in [-0.05, 0) is 35.9 Å². The monoisotopic (exact) mass is 396 g/mol. The number of anilines is 1. The Morgan fingerprint density at radius 1 is 1.14 bits per heavy atom. The van der Waals surface area contributed by atoms with E-state index in [1.54, 1.807) is 6.08 Å². The number of carbonyl (C=O) groups is 1. The summed E-state index contributed by atoms with van der Waals surface area (Å²) in [7, 11) is 1.90. The number of allylic oxidation sites excluding steroid dienone is 4. The summed E-state index contributed by atoms with van der Waals surface area (Å²) in [6.45, 7) is 4.07. The molecule has 6 heteroatoms. The van der Waals surface area contributed by atoms with Crippen molar-refractivity contribution >= 4 is 11.5 Å². The average Bonchev–Trinajstić information content (AvgIpc) is 2.88. The second-order valence-corrected chi connectivity index (χ2v) is 7.35. The molecule has 0 bridgehead atoms. The van der Waals surface area contributed by atoms with E-state index >= 15 is 0 Å². The minimum Gasteiger partial charge on any atom is -0.347 e. The molecule has 1 aliphatic heterocycles. The smallest absolute Gasteiger partial charge is 0.347 e. The largest absolute Gasteiger partial charge is 0.416 e. The number of hydrogen-bond acceptors (Lipinski definition) is 3. The quantitative estimate of drug-likeness (QED) is 0.383. The lowest BCUT2D eigenvalue weighted by Gasteiger charge is -2.23. The Hall–Kier alpha value is -3.33. The van der Waals surface area contributed by atoms with Crippen molar-refractivity contribution in [3.63, 3.8) is 0 Å². The van der Waals surface area contributed by atoms with Crippen LogP contribution in [0.15, 0.2) is 72.0 Å². The highest BCUT2D eigenvalue weighted by Gasteiger charge is 2.37. The van der Waals surface area contributed by atoms with Gasteiger partial charge in [0.05, 0.1) is 11.1 Å². The molecule has 0 amide bonds. The fraction of sp³-hybridized carbons (Fsp3) is 0.217. The second kappa shape index (κ2) is 7.25. The zero-order valence-corrected chi connectivity index (χ0v) is 16.2. The topological polar surface area (TPSA) is 44.1 Å². The maximum absolute atomic E-state index is 12.9. The van der Waals surface area contributed by atoms with Gasteiger partial charge in [-0.1, -0.05) is 44.2 Å². The van der Waals surface area contributed by atoms with Crippen LogP contribution in [0, 0.1) is 11.3 Å². The van der Waals surface area contributed by atoms with Crippen LogP contribution in [-0.4, -0.2) is 12.8 Å². The van der Waals surface area contributed by atoms with E-state index in [1.165, 1.54) is 12.1 Å². The SMILES string of the molecule is CN1/C(=C/C=C(/C#N)C(=O)c2cccc(C(F)(F)F)c2)C(C)(C)c2ccccc21. The maximum Gasteiger partial charge on any atom is 0.416 e. The van der Waals surface area contributed by atoms with Gasteiger partial charge in [-0.25, -0.2) is 0 Å². The first-order chi connectivity index (χ1) is 13.6. The van der Waals surface area contributed by atoms with Crippen LogP contribution in [0.2, 0.25) is 0 Å². The highest BCUT2D eigenvalue weighted by atomic mass is 19.4. The van der Waals surface area contributed by atoms with Gasteiger partial charge in [-0.3, -0.25) is 4.79 Å². The first-order valence-corrected chi connectivity index (χ1v) is 8.95. The number of halogens is 3. The molecule has 0 fully saturated rings. The molecule has 0 spiro atoms. The number of carbonyl (C=O) groups excluding carboxylic acids is 1. The van der Waals surface area contributed by atoms with Crippen molar-refractivity contribution in [3.8, 4) is 6.07 Å². The number of nitriles is 1. The van der Waals surface area contributed by atoms with Gasteiger partial charge in [0, 0.05) is 29.4 Å². The van der Waals surface area contributed by atoms with Gasteiger partial charge in [-0.15, -0.1) is 0 Å². The van der Waals surface area contributed by atoms with E-state index in [-0.39, 0.29) is 16.6 Å². The summed E-state index contributed by atoms with van der Waals surface area (Å²) in [5.74, 6) is -0.744. The number of Topliss-reactive ketones (excluding diaryl/α,β-unsaturated/α-hetero) is 1. The van der Waals surface area contributed by atoms with Crippen LogP contribution in [0.1, 0.15) is 35.3 Å². The molecule has 0 radical (unpaired) electrons. The molecule has 0 atom stereocenters. The molecular formula is C23H19F3N2O.